The predicted molar refractivity (Wildman–Crippen MR) is 178 cm³/mol. The van der Waals surface area contributed by atoms with Crippen molar-refractivity contribution in [2.24, 2.45) is 5.73 Å². The molecule has 0 fully saturated rings. The summed E-state index contributed by atoms with van der Waals surface area (Å²) < 4.78 is 10.9. The Bertz CT molecular complexity index is 1530. The first kappa shape index (κ1) is 35.1. The number of likely N-dealkylation sites (N-methyl/N-ethyl adjacent to an activating group) is 2. The Morgan fingerprint density at radius 3 is 2.33 bits per heavy atom. The standard InChI is InChI=1S/C24H35N5O4.C12H12/c1-18-26-21(33-27-18)17-32-16-20(14-19-10-7-6-8-11-19)29(5)23(31)15-28(4)22(30)12-9-13-24(2,3)25;1-2-10-7-8-11-5-3-4-6-12(11)9-10/h6-12,20H,13-17,25H2,1-5H3;3-9H,2H2,1H3/b12-9+;/t20-;/m1./s1. The molecule has 1 heterocycles. The first-order chi connectivity index (χ1) is 21.4. The first-order valence-electron chi connectivity index (χ1n) is 15.3. The van der Waals surface area contributed by atoms with Gasteiger partial charge in [-0.05, 0) is 68.0 Å². The quantitative estimate of drug-likeness (QED) is 0.198. The van der Waals surface area contributed by atoms with Crippen molar-refractivity contribution in [1.29, 1.82) is 0 Å². The molecular formula is C36H47N5O4. The fraction of sp³-hybridized carbons (Fsp3) is 0.389. The van der Waals surface area contributed by atoms with Crippen LogP contribution in [-0.4, -0.2) is 70.6 Å². The van der Waals surface area contributed by atoms with Crippen molar-refractivity contribution >= 4 is 22.6 Å². The second-order valence-electron chi connectivity index (χ2n) is 11.9. The number of aromatic nitrogens is 2. The number of carbonyl (C=O) groups is 2. The van der Waals surface area contributed by atoms with E-state index >= 15 is 0 Å². The molecule has 0 aliphatic heterocycles. The van der Waals surface area contributed by atoms with Gasteiger partial charge in [-0.15, -0.1) is 0 Å². The predicted octanol–water partition coefficient (Wildman–Crippen LogP) is 5.51. The van der Waals surface area contributed by atoms with E-state index in [1.807, 2.05) is 44.2 Å². The largest absolute Gasteiger partial charge is 0.369 e. The summed E-state index contributed by atoms with van der Waals surface area (Å²) in [4.78, 5) is 32.5. The highest BCUT2D eigenvalue weighted by molar-refractivity contribution is 5.91. The number of carbonyl (C=O) groups excluding carboxylic acids is 2. The van der Waals surface area contributed by atoms with Crippen molar-refractivity contribution in [2.45, 2.75) is 65.1 Å². The van der Waals surface area contributed by atoms with E-state index in [4.69, 9.17) is 15.0 Å². The summed E-state index contributed by atoms with van der Waals surface area (Å²) in [6.07, 6.45) is 5.48. The Balaban J connectivity index is 0.000000379. The number of fused-ring (bicyclic) bond motifs is 1. The van der Waals surface area contributed by atoms with Crippen LogP contribution in [0.4, 0.5) is 0 Å². The van der Waals surface area contributed by atoms with E-state index in [0.29, 0.717) is 24.6 Å². The normalized spacial score (nSPS) is 12.1. The van der Waals surface area contributed by atoms with E-state index in [-0.39, 0.29) is 37.6 Å². The zero-order valence-corrected chi connectivity index (χ0v) is 27.4. The number of benzene rings is 3. The highest BCUT2D eigenvalue weighted by atomic mass is 16.5. The van der Waals surface area contributed by atoms with Gasteiger partial charge in [-0.3, -0.25) is 9.59 Å². The maximum absolute atomic E-state index is 13.0. The van der Waals surface area contributed by atoms with Gasteiger partial charge < -0.3 is 24.8 Å². The van der Waals surface area contributed by atoms with Crippen molar-refractivity contribution < 1.29 is 18.8 Å². The number of rotatable bonds is 13. The Morgan fingerprint density at radius 2 is 1.69 bits per heavy atom. The second kappa shape index (κ2) is 17.2. The van der Waals surface area contributed by atoms with Crippen LogP contribution in [0.2, 0.25) is 0 Å². The van der Waals surface area contributed by atoms with Crippen LogP contribution in [0.1, 0.15) is 50.0 Å². The van der Waals surface area contributed by atoms with Gasteiger partial charge in [0.2, 0.25) is 11.8 Å². The van der Waals surface area contributed by atoms with E-state index < -0.39 is 5.54 Å². The lowest BCUT2D eigenvalue weighted by Gasteiger charge is -2.29. The molecule has 3 aromatic carbocycles. The minimum Gasteiger partial charge on any atom is -0.369 e. The Kier molecular flexibility index (Phi) is 13.5. The van der Waals surface area contributed by atoms with Gasteiger partial charge >= 0.3 is 0 Å². The average molecular weight is 614 g/mol. The summed E-state index contributed by atoms with van der Waals surface area (Å²) in [5.74, 6) is 0.497. The summed E-state index contributed by atoms with van der Waals surface area (Å²) in [6, 6.07) is 24.8. The molecule has 1 atom stereocenters. The molecular weight excluding hydrogens is 566 g/mol. The number of ether oxygens (including phenoxy) is 1. The molecule has 9 heteroatoms. The second-order valence-corrected chi connectivity index (χ2v) is 11.9. The monoisotopic (exact) mass is 613 g/mol. The van der Waals surface area contributed by atoms with Gasteiger partial charge in [0, 0.05) is 19.6 Å². The molecule has 240 valence electrons. The van der Waals surface area contributed by atoms with Gasteiger partial charge in [0.05, 0.1) is 19.2 Å². The molecule has 0 bridgehead atoms. The molecule has 0 aliphatic rings. The molecule has 0 unspecified atom stereocenters. The van der Waals surface area contributed by atoms with E-state index in [1.165, 1.54) is 27.3 Å². The molecule has 4 aromatic rings. The molecule has 0 saturated carbocycles. The SMILES string of the molecule is CCc1ccc2ccccc2c1.Cc1noc(COC[C@@H](Cc2ccccc2)N(C)C(=O)CN(C)C(=O)/C=C/CC(C)(C)N)n1. The fourth-order valence-corrected chi connectivity index (χ4v) is 4.52. The molecule has 4 rings (SSSR count). The van der Waals surface area contributed by atoms with Gasteiger partial charge in [-0.25, -0.2) is 0 Å². The van der Waals surface area contributed by atoms with E-state index in [1.54, 1.807) is 32.0 Å². The first-order valence-corrected chi connectivity index (χ1v) is 15.3. The number of nitrogens with two attached hydrogens (primary N) is 1. The van der Waals surface area contributed by atoms with Crippen LogP contribution >= 0.6 is 0 Å². The van der Waals surface area contributed by atoms with E-state index in [0.717, 1.165) is 12.0 Å². The Hall–Kier alpha value is -4.34. The Morgan fingerprint density at radius 1 is 1.00 bits per heavy atom. The van der Waals surface area contributed by atoms with Crippen molar-refractivity contribution in [1.82, 2.24) is 19.9 Å². The van der Waals surface area contributed by atoms with Crippen LogP contribution in [0.25, 0.3) is 10.8 Å². The number of hydrogen-bond donors (Lipinski definition) is 1. The van der Waals surface area contributed by atoms with Crippen LogP contribution in [0.3, 0.4) is 0 Å². The van der Waals surface area contributed by atoms with Crippen LogP contribution in [0.15, 0.2) is 89.5 Å². The maximum Gasteiger partial charge on any atom is 0.252 e. The summed E-state index contributed by atoms with van der Waals surface area (Å²) in [5, 5.41) is 6.42. The van der Waals surface area contributed by atoms with E-state index in [2.05, 4.69) is 59.5 Å². The average Bonchev–Trinajstić information content (AvgIpc) is 3.44. The smallest absolute Gasteiger partial charge is 0.252 e. The molecule has 9 nitrogen and oxygen atoms in total. The number of aryl methyl sites for hydroxylation is 2. The minimum atomic E-state index is -0.393. The number of hydrogen-bond acceptors (Lipinski definition) is 7. The third kappa shape index (κ3) is 12.3. The van der Waals surface area contributed by atoms with Crippen LogP contribution in [-0.2, 0) is 33.8 Å². The topological polar surface area (TPSA) is 115 Å². The van der Waals surface area contributed by atoms with Crippen LogP contribution in [0.5, 0.6) is 0 Å². The summed E-state index contributed by atoms with van der Waals surface area (Å²) in [6.45, 7) is 8.10. The molecule has 1 aromatic heterocycles. The highest BCUT2D eigenvalue weighted by Crippen LogP contribution is 2.16. The van der Waals surface area contributed by atoms with Crippen molar-refractivity contribution in [3.63, 3.8) is 0 Å². The lowest BCUT2D eigenvalue weighted by atomic mass is 10.0. The highest BCUT2D eigenvalue weighted by Gasteiger charge is 2.23. The van der Waals surface area contributed by atoms with E-state index in [9.17, 15) is 9.59 Å². The maximum atomic E-state index is 13.0. The summed E-state index contributed by atoms with van der Waals surface area (Å²) in [7, 11) is 3.33. The number of nitrogens with zero attached hydrogens (tertiary/aromatic N) is 4. The third-order valence-electron chi connectivity index (χ3n) is 7.24. The molecule has 0 radical (unpaired) electrons. The van der Waals surface area contributed by atoms with Gasteiger partial charge in [0.1, 0.15) is 6.61 Å². The minimum absolute atomic E-state index is 0.0418. The third-order valence-corrected chi connectivity index (χ3v) is 7.24. The van der Waals surface area contributed by atoms with Crippen molar-refractivity contribution in [3.8, 4) is 0 Å². The fourth-order valence-electron chi connectivity index (χ4n) is 4.52. The zero-order valence-electron chi connectivity index (χ0n) is 27.4. The van der Waals surface area contributed by atoms with Gasteiger partial charge in [-0.1, -0.05) is 91.0 Å². The van der Waals surface area contributed by atoms with Gasteiger partial charge in [-0.2, -0.15) is 4.98 Å². The molecule has 2 amide bonds. The molecule has 0 saturated heterocycles. The number of amides is 2. The lowest BCUT2D eigenvalue weighted by molar-refractivity contribution is -0.138. The zero-order chi connectivity index (χ0) is 32.8. The summed E-state index contributed by atoms with van der Waals surface area (Å²) >= 11 is 0. The lowest BCUT2D eigenvalue weighted by Crippen LogP contribution is -2.46. The molecule has 0 aliphatic carbocycles. The summed E-state index contributed by atoms with van der Waals surface area (Å²) in [5.41, 5.74) is 8.03. The van der Waals surface area contributed by atoms with Crippen molar-refractivity contribution in [3.05, 3.63) is 108 Å². The molecule has 2 N–H and O–H groups in total. The van der Waals surface area contributed by atoms with Crippen LogP contribution < -0.4 is 5.73 Å². The van der Waals surface area contributed by atoms with Crippen LogP contribution in [0, 0.1) is 6.92 Å². The molecule has 45 heavy (non-hydrogen) atoms. The van der Waals surface area contributed by atoms with Gasteiger partial charge in [0.15, 0.2) is 5.82 Å². The Labute approximate surface area is 267 Å². The van der Waals surface area contributed by atoms with Gasteiger partial charge in [0.25, 0.3) is 5.89 Å². The molecule has 0 spiro atoms. The van der Waals surface area contributed by atoms with Crippen molar-refractivity contribution in [2.75, 3.05) is 27.2 Å².